The monoisotopic (exact) mass is 954 g/mol. The first-order valence-electron chi connectivity index (χ1n) is 24.0. The van der Waals surface area contributed by atoms with Crippen LogP contribution in [0.25, 0.3) is 78.8 Å². The van der Waals surface area contributed by atoms with Crippen LogP contribution < -0.4 is 19.3 Å². The zero-order valence-electron chi connectivity index (χ0n) is 39.2. The van der Waals surface area contributed by atoms with E-state index in [2.05, 4.69) is 68.3 Å². The smallest absolute Gasteiger partial charge is 0.161 e. The minimum absolute atomic E-state index is 0.471. The summed E-state index contributed by atoms with van der Waals surface area (Å²) in [7, 11) is 0. The Morgan fingerprint density at radius 3 is 1.05 bits per heavy atom. The van der Waals surface area contributed by atoms with Gasteiger partial charge in [0, 0.05) is 70.8 Å². The van der Waals surface area contributed by atoms with Crippen molar-refractivity contribution in [3.05, 3.63) is 231 Å². The van der Waals surface area contributed by atoms with E-state index in [0.717, 1.165) is 67.2 Å². The summed E-state index contributed by atoms with van der Waals surface area (Å²) < 4.78 is 13.2. The second-order valence-electron chi connectivity index (χ2n) is 17.7. The molecule has 348 valence electrons. The molecule has 8 heterocycles. The number of benzene rings is 6. The number of anilines is 6. The first-order chi connectivity index (χ1) is 36.7. The van der Waals surface area contributed by atoms with Crippen LogP contribution in [0.15, 0.2) is 231 Å². The van der Waals surface area contributed by atoms with Crippen molar-refractivity contribution in [3.8, 4) is 91.1 Å². The van der Waals surface area contributed by atoms with E-state index in [1.165, 1.54) is 0 Å². The Morgan fingerprint density at radius 2 is 0.689 bits per heavy atom. The maximum Gasteiger partial charge on any atom is 0.161 e. The minimum Gasteiger partial charge on any atom is -0.453 e. The Kier molecular flexibility index (Phi) is 10.2. The highest BCUT2D eigenvalue weighted by Crippen LogP contribution is 2.55. The molecule has 0 fully saturated rings. The summed E-state index contributed by atoms with van der Waals surface area (Å²) in [5.41, 5.74) is 12.3. The predicted octanol–water partition coefficient (Wildman–Crippen LogP) is 15.2. The summed E-state index contributed by atoms with van der Waals surface area (Å²) in [6.07, 6.45) is 10.7. The van der Waals surface area contributed by atoms with E-state index in [4.69, 9.17) is 39.4 Å². The molecule has 6 aromatic carbocycles. The molecule has 0 spiro atoms. The standard InChI is InChI=1S/C62H38N10O2/c1-5-23-57-53(19-1)71(54-20-2-6-24-58(54)73-57)41-31-43-44(45(33-41)61-67-49(39-15-13-27-63-37-39)35-51(69-61)47-17-9-11-29-65-47)32-42(72-55-21-3-7-25-59(55)74-60-26-8-4-22-56(60)72)34-46(43)62-68-50(40-16-14-28-64-38-40)36-52(70-62)48-18-10-12-30-66-48/h1-38H. The third-order valence-electron chi connectivity index (χ3n) is 13.1. The Morgan fingerprint density at radius 1 is 0.311 bits per heavy atom. The van der Waals surface area contributed by atoms with Gasteiger partial charge in [0.2, 0.25) is 0 Å². The van der Waals surface area contributed by atoms with E-state index in [0.29, 0.717) is 68.8 Å². The van der Waals surface area contributed by atoms with Crippen LogP contribution in [0.5, 0.6) is 23.0 Å². The molecule has 0 radical (unpaired) electrons. The van der Waals surface area contributed by atoms with Crippen molar-refractivity contribution < 1.29 is 9.47 Å². The van der Waals surface area contributed by atoms with Crippen LogP contribution in [0.2, 0.25) is 0 Å². The van der Waals surface area contributed by atoms with Gasteiger partial charge in [-0.15, -0.1) is 0 Å². The number of fused-ring (bicyclic) bond motifs is 5. The van der Waals surface area contributed by atoms with Crippen LogP contribution in [0.4, 0.5) is 34.1 Å². The molecule has 0 amide bonds. The number of pyridine rings is 4. The first kappa shape index (κ1) is 42.4. The number of aromatic nitrogens is 8. The maximum absolute atomic E-state index is 6.58. The SMILES string of the molecule is c1ccc(-c2cc(-c3cccnc3)nc(-c3cc(N4c5ccccc5Oc5ccccc54)cc4c(-c5nc(-c6cccnc6)cc(-c6ccccn6)n5)cc(N5c6ccccc6Oc6ccccc65)cc34)n2)nc1. The molecule has 0 unspecified atom stereocenters. The lowest BCUT2D eigenvalue weighted by Crippen LogP contribution is -2.17. The summed E-state index contributed by atoms with van der Waals surface area (Å²) in [4.78, 5) is 44.8. The normalized spacial score (nSPS) is 12.2. The molecule has 0 saturated carbocycles. The van der Waals surface area contributed by atoms with Gasteiger partial charge in [-0.3, -0.25) is 19.9 Å². The van der Waals surface area contributed by atoms with E-state index in [-0.39, 0.29) is 0 Å². The highest BCUT2D eigenvalue weighted by atomic mass is 16.5. The average molecular weight is 955 g/mol. The molecule has 0 aliphatic carbocycles. The van der Waals surface area contributed by atoms with Crippen molar-refractivity contribution in [1.29, 1.82) is 0 Å². The lowest BCUT2D eigenvalue weighted by atomic mass is 9.94. The molecule has 74 heavy (non-hydrogen) atoms. The third-order valence-corrected chi connectivity index (χ3v) is 13.1. The summed E-state index contributed by atoms with van der Waals surface area (Å²) in [6.45, 7) is 0. The Balaban J connectivity index is 1.14. The zero-order valence-corrected chi connectivity index (χ0v) is 39.2. The van der Waals surface area contributed by atoms with Gasteiger partial charge in [-0.1, -0.05) is 60.7 Å². The van der Waals surface area contributed by atoms with Crippen LogP contribution in [-0.2, 0) is 0 Å². The van der Waals surface area contributed by atoms with Crippen LogP contribution in [0, 0.1) is 0 Å². The third kappa shape index (κ3) is 7.49. The molecule has 2 aliphatic rings. The molecule has 2 aliphatic heterocycles. The highest BCUT2D eigenvalue weighted by Gasteiger charge is 2.31. The van der Waals surface area contributed by atoms with E-state index in [1.54, 1.807) is 24.8 Å². The molecular weight excluding hydrogens is 917 g/mol. The lowest BCUT2D eigenvalue weighted by molar-refractivity contribution is 0.476. The molecule has 0 atom stereocenters. The fourth-order valence-electron chi connectivity index (χ4n) is 9.78. The second-order valence-corrected chi connectivity index (χ2v) is 17.7. The number of para-hydroxylation sites is 8. The molecule has 14 rings (SSSR count). The van der Waals surface area contributed by atoms with Gasteiger partial charge in [0.05, 0.1) is 56.9 Å². The molecule has 12 aromatic rings. The fraction of sp³-hybridized carbons (Fsp3) is 0. The highest BCUT2D eigenvalue weighted by molar-refractivity contribution is 6.09. The van der Waals surface area contributed by atoms with Crippen molar-refractivity contribution in [1.82, 2.24) is 39.9 Å². The van der Waals surface area contributed by atoms with Crippen molar-refractivity contribution in [2.75, 3.05) is 9.80 Å². The summed E-state index contributed by atoms with van der Waals surface area (Å²) in [5, 5.41) is 1.67. The Bertz CT molecular complexity index is 3640. The molecular formula is C62H38N10O2. The van der Waals surface area contributed by atoms with Crippen molar-refractivity contribution in [2.24, 2.45) is 0 Å². The maximum atomic E-state index is 6.58. The minimum atomic E-state index is 0.471. The largest absolute Gasteiger partial charge is 0.453 e. The van der Waals surface area contributed by atoms with Crippen LogP contribution in [0.3, 0.4) is 0 Å². The zero-order chi connectivity index (χ0) is 49.0. The summed E-state index contributed by atoms with van der Waals surface area (Å²) in [5.74, 6) is 3.80. The van der Waals surface area contributed by atoms with Gasteiger partial charge < -0.3 is 19.3 Å². The fourth-order valence-corrected chi connectivity index (χ4v) is 9.78. The Labute approximate surface area is 424 Å². The number of rotatable bonds is 8. The molecule has 12 nitrogen and oxygen atoms in total. The molecule has 0 N–H and O–H groups in total. The molecule has 0 bridgehead atoms. The van der Waals surface area contributed by atoms with Gasteiger partial charge >= 0.3 is 0 Å². The van der Waals surface area contributed by atoms with E-state index in [1.807, 2.05) is 158 Å². The van der Waals surface area contributed by atoms with Crippen LogP contribution in [0.1, 0.15) is 0 Å². The number of hydrogen-bond donors (Lipinski definition) is 0. The van der Waals surface area contributed by atoms with E-state index < -0.39 is 0 Å². The van der Waals surface area contributed by atoms with Gasteiger partial charge in [-0.05, 0) is 144 Å². The van der Waals surface area contributed by atoms with Gasteiger partial charge in [0.15, 0.2) is 34.6 Å². The van der Waals surface area contributed by atoms with Gasteiger partial charge in [0.25, 0.3) is 0 Å². The first-order valence-corrected chi connectivity index (χ1v) is 24.0. The van der Waals surface area contributed by atoms with Crippen molar-refractivity contribution >= 4 is 44.9 Å². The van der Waals surface area contributed by atoms with Crippen LogP contribution in [-0.4, -0.2) is 39.9 Å². The van der Waals surface area contributed by atoms with Gasteiger partial charge in [-0.2, -0.15) is 0 Å². The van der Waals surface area contributed by atoms with Crippen LogP contribution >= 0.6 is 0 Å². The molecule has 6 aromatic heterocycles. The number of nitrogens with zero attached hydrogens (tertiary/aromatic N) is 10. The number of ether oxygens (including phenoxy) is 2. The topological polar surface area (TPSA) is 128 Å². The average Bonchev–Trinajstić information content (AvgIpc) is 3.48. The van der Waals surface area contributed by atoms with E-state index in [9.17, 15) is 0 Å². The summed E-state index contributed by atoms with van der Waals surface area (Å²) >= 11 is 0. The summed E-state index contributed by atoms with van der Waals surface area (Å²) in [6, 6.07) is 64.5. The lowest BCUT2D eigenvalue weighted by Gasteiger charge is -2.34. The predicted molar refractivity (Wildman–Crippen MR) is 288 cm³/mol. The van der Waals surface area contributed by atoms with Gasteiger partial charge in [-0.25, -0.2) is 19.9 Å². The number of hydrogen-bond acceptors (Lipinski definition) is 12. The van der Waals surface area contributed by atoms with Gasteiger partial charge in [0.1, 0.15) is 0 Å². The van der Waals surface area contributed by atoms with Crippen molar-refractivity contribution in [2.45, 2.75) is 0 Å². The molecule has 12 heteroatoms. The van der Waals surface area contributed by atoms with E-state index >= 15 is 0 Å². The van der Waals surface area contributed by atoms with Crippen molar-refractivity contribution in [3.63, 3.8) is 0 Å². The Hall–Kier alpha value is -10.5. The molecule has 0 saturated heterocycles. The second kappa shape index (κ2) is 17.7. The quantitative estimate of drug-likeness (QED) is 0.144.